The summed E-state index contributed by atoms with van der Waals surface area (Å²) in [6.07, 6.45) is 0. The summed E-state index contributed by atoms with van der Waals surface area (Å²) in [5, 5.41) is 20.3. The van der Waals surface area contributed by atoms with E-state index in [1.807, 2.05) is 0 Å². The standard InChI is InChI=1S/C5H7BN2O4/c1-8-5(9)3-2-4(7-8)12-6(10)11/h2-3,10-11H,1H3. The summed E-state index contributed by atoms with van der Waals surface area (Å²) in [6.45, 7) is 0. The first-order valence-corrected chi connectivity index (χ1v) is 3.17. The molecule has 0 bridgehead atoms. The molecule has 0 aliphatic rings. The molecule has 0 fully saturated rings. The van der Waals surface area contributed by atoms with Crippen molar-refractivity contribution in [2.45, 2.75) is 0 Å². The van der Waals surface area contributed by atoms with Crippen LogP contribution >= 0.6 is 0 Å². The number of hydrogen-bond acceptors (Lipinski definition) is 5. The molecule has 0 aromatic carbocycles. The third-order valence-corrected chi connectivity index (χ3v) is 1.16. The zero-order chi connectivity index (χ0) is 9.14. The Morgan fingerprint density at radius 3 is 2.75 bits per heavy atom. The van der Waals surface area contributed by atoms with Gasteiger partial charge in [-0.05, 0) is 0 Å². The van der Waals surface area contributed by atoms with Crippen LogP contribution in [0.5, 0.6) is 5.88 Å². The van der Waals surface area contributed by atoms with E-state index in [9.17, 15) is 4.79 Å². The second-order valence-electron chi connectivity index (χ2n) is 2.08. The topological polar surface area (TPSA) is 84.6 Å². The quantitative estimate of drug-likeness (QED) is 0.507. The molecular formula is C5H7BN2O4. The molecule has 0 saturated carbocycles. The Morgan fingerprint density at radius 1 is 1.58 bits per heavy atom. The third-order valence-electron chi connectivity index (χ3n) is 1.16. The normalized spacial score (nSPS) is 9.58. The maximum Gasteiger partial charge on any atom is 0.708 e. The molecule has 1 rings (SSSR count). The minimum absolute atomic E-state index is 0.0212. The van der Waals surface area contributed by atoms with Crippen LogP contribution in [-0.2, 0) is 7.05 Å². The predicted molar refractivity (Wildman–Crippen MR) is 40.3 cm³/mol. The highest BCUT2D eigenvalue weighted by Gasteiger charge is 2.12. The minimum atomic E-state index is -1.92. The molecule has 1 aromatic rings. The van der Waals surface area contributed by atoms with E-state index in [0.717, 1.165) is 4.68 Å². The summed E-state index contributed by atoms with van der Waals surface area (Å²) < 4.78 is 5.42. The molecule has 0 aliphatic heterocycles. The van der Waals surface area contributed by atoms with E-state index >= 15 is 0 Å². The molecule has 12 heavy (non-hydrogen) atoms. The molecular weight excluding hydrogens is 163 g/mol. The van der Waals surface area contributed by atoms with Crippen LogP contribution in [0.25, 0.3) is 0 Å². The molecule has 0 saturated heterocycles. The van der Waals surface area contributed by atoms with Crippen molar-refractivity contribution >= 4 is 7.32 Å². The van der Waals surface area contributed by atoms with Gasteiger partial charge in [0.15, 0.2) is 0 Å². The monoisotopic (exact) mass is 170 g/mol. The second kappa shape index (κ2) is 3.37. The van der Waals surface area contributed by atoms with Gasteiger partial charge in [0.1, 0.15) is 0 Å². The summed E-state index contributed by atoms with van der Waals surface area (Å²) >= 11 is 0. The van der Waals surface area contributed by atoms with Crippen LogP contribution in [0.2, 0.25) is 0 Å². The van der Waals surface area contributed by atoms with E-state index in [2.05, 4.69) is 9.75 Å². The SMILES string of the molecule is Cn1nc(OB(O)O)ccc1=O. The van der Waals surface area contributed by atoms with E-state index < -0.39 is 7.32 Å². The van der Waals surface area contributed by atoms with Gasteiger partial charge in [-0.2, -0.15) is 0 Å². The molecule has 0 amide bonds. The van der Waals surface area contributed by atoms with Gasteiger partial charge in [0, 0.05) is 19.2 Å². The van der Waals surface area contributed by atoms with Gasteiger partial charge < -0.3 is 14.7 Å². The van der Waals surface area contributed by atoms with Gasteiger partial charge in [-0.3, -0.25) is 4.79 Å². The number of aryl methyl sites for hydroxylation is 1. The smallest absolute Gasteiger partial charge is 0.497 e. The molecule has 0 aliphatic carbocycles. The Morgan fingerprint density at radius 2 is 2.25 bits per heavy atom. The predicted octanol–water partition coefficient (Wildman–Crippen LogP) is -1.87. The van der Waals surface area contributed by atoms with E-state index in [-0.39, 0.29) is 11.4 Å². The third kappa shape index (κ3) is 2.07. The van der Waals surface area contributed by atoms with Gasteiger partial charge in [0.2, 0.25) is 5.88 Å². The van der Waals surface area contributed by atoms with Crippen LogP contribution in [0, 0.1) is 0 Å². The maximum absolute atomic E-state index is 10.8. The van der Waals surface area contributed by atoms with Gasteiger partial charge in [-0.25, -0.2) is 4.68 Å². The number of aromatic nitrogens is 2. The van der Waals surface area contributed by atoms with Crippen LogP contribution in [0.1, 0.15) is 0 Å². The zero-order valence-corrected chi connectivity index (χ0v) is 6.34. The number of rotatable bonds is 2. The van der Waals surface area contributed by atoms with E-state index in [0.29, 0.717) is 0 Å². The Hall–Kier alpha value is -1.34. The molecule has 0 spiro atoms. The highest BCUT2D eigenvalue weighted by atomic mass is 16.6. The van der Waals surface area contributed by atoms with Crippen molar-refractivity contribution in [3.05, 3.63) is 22.5 Å². The largest absolute Gasteiger partial charge is 0.708 e. The molecule has 1 aromatic heterocycles. The maximum atomic E-state index is 10.8. The molecule has 0 radical (unpaired) electrons. The van der Waals surface area contributed by atoms with Crippen molar-refractivity contribution in [1.82, 2.24) is 9.78 Å². The van der Waals surface area contributed by atoms with E-state index in [4.69, 9.17) is 10.0 Å². The van der Waals surface area contributed by atoms with Crippen molar-refractivity contribution in [3.63, 3.8) is 0 Å². The van der Waals surface area contributed by atoms with Gasteiger partial charge in [-0.1, -0.05) is 0 Å². The average Bonchev–Trinajstić information content (AvgIpc) is 1.96. The lowest BCUT2D eigenvalue weighted by Gasteiger charge is -2.03. The Labute approximate surface area is 68.2 Å². The van der Waals surface area contributed by atoms with Gasteiger partial charge in [0.25, 0.3) is 5.56 Å². The average molecular weight is 170 g/mol. The minimum Gasteiger partial charge on any atom is -0.497 e. The highest BCUT2D eigenvalue weighted by Crippen LogP contribution is 2.00. The lowest BCUT2D eigenvalue weighted by molar-refractivity contribution is 0.279. The number of hydrogen-bond donors (Lipinski definition) is 2. The van der Waals surface area contributed by atoms with E-state index in [1.54, 1.807) is 0 Å². The molecule has 1 heterocycles. The molecule has 6 nitrogen and oxygen atoms in total. The second-order valence-corrected chi connectivity index (χ2v) is 2.08. The Kier molecular flexibility index (Phi) is 2.46. The Bertz CT molecular complexity index is 323. The lowest BCUT2D eigenvalue weighted by Crippen LogP contribution is -2.24. The first kappa shape index (κ1) is 8.76. The van der Waals surface area contributed by atoms with Crippen LogP contribution in [0.4, 0.5) is 0 Å². The Balaban J connectivity index is 2.90. The van der Waals surface area contributed by atoms with Crippen LogP contribution in [0.3, 0.4) is 0 Å². The fourth-order valence-electron chi connectivity index (χ4n) is 0.652. The summed E-state index contributed by atoms with van der Waals surface area (Å²) in [5.41, 5.74) is -0.297. The summed E-state index contributed by atoms with van der Waals surface area (Å²) in [4.78, 5) is 10.8. The first-order valence-electron chi connectivity index (χ1n) is 3.17. The summed E-state index contributed by atoms with van der Waals surface area (Å²) in [6, 6.07) is 2.46. The molecule has 0 unspecified atom stereocenters. The van der Waals surface area contributed by atoms with Crippen molar-refractivity contribution in [2.24, 2.45) is 7.05 Å². The van der Waals surface area contributed by atoms with Crippen LogP contribution < -0.4 is 10.2 Å². The number of nitrogens with zero attached hydrogens (tertiary/aromatic N) is 2. The zero-order valence-electron chi connectivity index (χ0n) is 6.34. The molecule has 2 N–H and O–H groups in total. The fraction of sp³-hybridized carbons (Fsp3) is 0.200. The summed E-state index contributed by atoms with van der Waals surface area (Å²) in [7, 11) is -0.492. The van der Waals surface area contributed by atoms with Crippen LogP contribution in [-0.4, -0.2) is 27.1 Å². The van der Waals surface area contributed by atoms with Gasteiger partial charge >= 0.3 is 7.32 Å². The van der Waals surface area contributed by atoms with Gasteiger partial charge in [-0.15, -0.1) is 5.10 Å². The van der Waals surface area contributed by atoms with Gasteiger partial charge in [0.05, 0.1) is 0 Å². The lowest BCUT2D eigenvalue weighted by atomic mass is 10.3. The molecule has 0 atom stereocenters. The van der Waals surface area contributed by atoms with Crippen molar-refractivity contribution < 1.29 is 14.7 Å². The van der Waals surface area contributed by atoms with Crippen molar-refractivity contribution in [2.75, 3.05) is 0 Å². The summed E-state index contributed by atoms with van der Waals surface area (Å²) in [5.74, 6) is -0.0212. The molecule has 7 heteroatoms. The van der Waals surface area contributed by atoms with E-state index in [1.165, 1.54) is 19.2 Å². The fourth-order valence-corrected chi connectivity index (χ4v) is 0.652. The highest BCUT2D eigenvalue weighted by molar-refractivity contribution is 6.33. The molecule has 64 valence electrons. The first-order chi connectivity index (χ1) is 5.59. The van der Waals surface area contributed by atoms with Crippen molar-refractivity contribution in [1.29, 1.82) is 0 Å². The van der Waals surface area contributed by atoms with Crippen LogP contribution in [0.15, 0.2) is 16.9 Å². The van der Waals surface area contributed by atoms with Crippen molar-refractivity contribution in [3.8, 4) is 5.88 Å².